The van der Waals surface area contributed by atoms with Gasteiger partial charge in [0.2, 0.25) is 6.10 Å². The van der Waals surface area contributed by atoms with E-state index in [1.807, 2.05) is 18.2 Å². The van der Waals surface area contributed by atoms with Gasteiger partial charge in [0, 0.05) is 12.2 Å². The van der Waals surface area contributed by atoms with Crippen LogP contribution in [0, 0.1) is 0 Å². The van der Waals surface area contributed by atoms with Crippen LogP contribution in [0.25, 0.3) is 0 Å². The van der Waals surface area contributed by atoms with E-state index in [2.05, 4.69) is 12.6 Å². The molecule has 0 fully saturated rings. The van der Waals surface area contributed by atoms with Crippen molar-refractivity contribution in [2.45, 2.75) is 18.9 Å². The van der Waals surface area contributed by atoms with E-state index in [4.69, 9.17) is 9.84 Å². The minimum absolute atomic E-state index is 0.113. The molecule has 1 atom stereocenters. The predicted octanol–water partition coefficient (Wildman–Crippen LogP) is 1.55. The zero-order valence-corrected chi connectivity index (χ0v) is 10.1. The summed E-state index contributed by atoms with van der Waals surface area (Å²) in [4.78, 5) is 22.2. The van der Waals surface area contributed by atoms with Gasteiger partial charge >= 0.3 is 11.9 Å². The van der Waals surface area contributed by atoms with Crippen LogP contribution in [0.3, 0.4) is 0 Å². The lowest BCUT2D eigenvalue weighted by atomic mass is 10.1. The smallest absolute Gasteiger partial charge is 0.345 e. The number of carboxylic acids is 1. The molecule has 1 aromatic carbocycles. The molecule has 0 spiro atoms. The molecule has 92 valence electrons. The number of aliphatic carboxylic acids is 1. The number of rotatable bonds is 6. The van der Waals surface area contributed by atoms with Crippen molar-refractivity contribution in [3.05, 3.63) is 35.9 Å². The Morgan fingerprint density at radius 1 is 1.29 bits per heavy atom. The zero-order valence-electron chi connectivity index (χ0n) is 9.20. The number of hydrogen-bond donors (Lipinski definition) is 2. The largest absolute Gasteiger partial charge is 0.478 e. The van der Waals surface area contributed by atoms with Crippen LogP contribution in [0.15, 0.2) is 30.3 Å². The highest BCUT2D eigenvalue weighted by molar-refractivity contribution is 7.80. The van der Waals surface area contributed by atoms with Gasteiger partial charge < -0.3 is 9.84 Å². The van der Waals surface area contributed by atoms with Crippen molar-refractivity contribution in [2.24, 2.45) is 0 Å². The number of benzene rings is 1. The highest BCUT2D eigenvalue weighted by Gasteiger charge is 2.22. The lowest BCUT2D eigenvalue weighted by molar-refractivity contribution is -0.163. The molecule has 0 aliphatic carbocycles. The second kappa shape index (κ2) is 6.96. The molecule has 0 heterocycles. The highest BCUT2D eigenvalue weighted by Crippen LogP contribution is 2.07. The Bertz CT molecular complexity index is 377. The van der Waals surface area contributed by atoms with Gasteiger partial charge in [0.15, 0.2) is 0 Å². The third kappa shape index (κ3) is 4.91. The number of carboxylic acid groups (broad SMARTS) is 1. The molecule has 0 bridgehead atoms. The lowest BCUT2D eigenvalue weighted by Gasteiger charge is -2.13. The summed E-state index contributed by atoms with van der Waals surface area (Å²) < 4.78 is 4.87. The number of carbonyl (C=O) groups is 2. The average molecular weight is 254 g/mol. The molecule has 0 radical (unpaired) electrons. The molecule has 0 aromatic heterocycles. The van der Waals surface area contributed by atoms with Crippen LogP contribution < -0.4 is 0 Å². The minimum Gasteiger partial charge on any atom is -0.478 e. The molecule has 0 saturated heterocycles. The lowest BCUT2D eigenvalue weighted by Crippen LogP contribution is -2.29. The number of hydrogen-bond acceptors (Lipinski definition) is 4. The standard InChI is InChI=1S/C12H14O4S/c13-11(6-7-17)16-10(12(14)15)8-9-4-2-1-3-5-9/h1-5,10,17H,6-8H2,(H,14,15)/t10-/m0/s1. The molecule has 0 aliphatic rings. The fourth-order valence-electron chi connectivity index (χ4n) is 1.32. The predicted molar refractivity (Wildman–Crippen MR) is 66.1 cm³/mol. The van der Waals surface area contributed by atoms with Gasteiger partial charge in [-0.05, 0) is 5.56 Å². The van der Waals surface area contributed by atoms with E-state index in [-0.39, 0.29) is 12.8 Å². The second-order valence-corrected chi connectivity index (χ2v) is 3.93. The summed E-state index contributed by atoms with van der Waals surface area (Å²) in [5.41, 5.74) is 0.818. The maximum absolute atomic E-state index is 11.2. The molecule has 0 saturated carbocycles. The van der Waals surface area contributed by atoms with E-state index < -0.39 is 18.0 Å². The first-order valence-corrected chi connectivity index (χ1v) is 5.84. The van der Waals surface area contributed by atoms with Crippen LogP contribution in [-0.4, -0.2) is 28.9 Å². The Balaban J connectivity index is 2.61. The van der Waals surface area contributed by atoms with Gasteiger partial charge in [-0.15, -0.1) is 0 Å². The van der Waals surface area contributed by atoms with Crippen LogP contribution in [0.2, 0.25) is 0 Å². The summed E-state index contributed by atoms with van der Waals surface area (Å²) in [6.45, 7) is 0. The molecule has 0 amide bonds. The van der Waals surface area contributed by atoms with Crippen molar-refractivity contribution in [3.8, 4) is 0 Å². The molecule has 1 aromatic rings. The minimum atomic E-state index is -1.14. The number of ether oxygens (including phenoxy) is 1. The number of carbonyl (C=O) groups excluding carboxylic acids is 1. The van der Waals surface area contributed by atoms with Crippen LogP contribution in [0.5, 0.6) is 0 Å². The SMILES string of the molecule is O=C(CCS)O[C@@H](Cc1ccccc1)C(=O)O. The molecule has 1 rings (SSSR count). The van der Waals surface area contributed by atoms with E-state index in [0.29, 0.717) is 5.75 Å². The van der Waals surface area contributed by atoms with Crippen molar-refractivity contribution in [1.82, 2.24) is 0 Å². The maximum Gasteiger partial charge on any atom is 0.345 e. The Hall–Kier alpha value is -1.49. The van der Waals surface area contributed by atoms with E-state index in [0.717, 1.165) is 5.56 Å². The van der Waals surface area contributed by atoms with Crippen molar-refractivity contribution >= 4 is 24.6 Å². The quantitative estimate of drug-likeness (QED) is 0.597. The van der Waals surface area contributed by atoms with Crippen LogP contribution in [0.1, 0.15) is 12.0 Å². The Kier molecular flexibility index (Phi) is 5.56. The molecule has 1 N–H and O–H groups in total. The van der Waals surface area contributed by atoms with Crippen molar-refractivity contribution < 1.29 is 19.4 Å². The third-order valence-corrected chi connectivity index (χ3v) is 2.35. The summed E-state index contributed by atoms with van der Waals surface area (Å²) in [6, 6.07) is 9.05. The fourth-order valence-corrected chi connectivity index (χ4v) is 1.50. The molecule has 0 aliphatic heterocycles. The number of esters is 1. The fraction of sp³-hybridized carbons (Fsp3) is 0.333. The van der Waals surface area contributed by atoms with E-state index in [1.165, 1.54) is 0 Å². The molecule has 17 heavy (non-hydrogen) atoms. The topological polar surface area (TPSA) is 63.6 Å². The molecular weight excluding hydrogens is 240 g/mol. The van der Waals surface area contributed by atoms with Gasteiger partial charge in [0.25, 0.3) is 0 Å². The Morgan fingerprint density at radius 2 is 1.94 bits per heavy atom. The maximum atomic E-state index is 11.2. The summed E-state index contributed by atoms with van der Waals surface area (Å²) in [5.74, 6) is -1.33. The summed E-state index contributed by atoms with van der Waals surface area (Å²) in [6.07, 6.45) is -0.847. The first-order chi connectivity index (χ1) is 8.13. The average Bonchev–Trinajstić information content (AvgIpc) is 2.29. The normalized spacial score (nSPS) is 11.8. The third-order valence-electron chi connectivity index (χ3n) is 2.13. The van der Waals surface area contributed by atoms with Crippen LogP contribution >= 0.6 is 12.6 Å². The number of thiol groups is 1. The van der Waals surface area contributed by atoms with E-state index >= 15 is 0 Å². The first kappa shape index (κ1) is 13.6. The van der Waals surface area contributed by atoms with Crippen molar-refractivity contribution in [3.63, 3.8) is 0 Å². The van der Waals surface area contributed by atoms with Gasteiger partial charge in [-0.1, -0.05) is 30.3 Å². The summed E-state index contributed by atoms with van der Waals surface area (Å²) in [5, 5.41) is 8.96. The van der Waals surface area contributed by atoms with Gasteiger partial charge in [0.1, 0.15) is 0 Å². The first-order valence-electron chi connectivity index (χ1n) is 5.20. The van der Waals surface area contributed by atoms with Crippen molar-refractivity contribution in [1.29, 1.82) is 0 Å². The Labute approximate surface area is 105 Å². The van der Waals surface area contributed by atoms with Gasteiger partial charge in [0.05, 0.1) is 6.42 Å². The Morgan fingerprint density at radius 3 is 2.47 bits per heavy atom. The van der Waals surface area contributed by atoms with E-state index in [1.54, 1.807) is 12.1 Å². The van der Waals surface area contributed by atoms with Crippen molar-refractivity contribution in [2.75, 3.05) is 5.75 Å². The summed E-state index contributed by atoms with van der Waals surface area (Å²) in [7, 11) is 0. The monoisotopic (exact) mass is 254 g/mol. The zero-order chi connectivity index (χ0) is 12.7. The summed E-state index contributed by atoms with van der Waals surface area (Å²) >= 11 is 3.89. The molecule has 4 nitrogen and oxygen atoms in total. The van der Waals surface area contributed by atoms with E-state index in [9.17, 15) is 9.59 Å². The van der Waals surface area contributed by atoms with Crippen LogP contribution in [0.4, 0.5) is 0 Å². The van der Waals surface area contributed by atoms with Gasteiger partial charge in [-0.3, -0.25) is 4.79 Å². The second-order valence-electron chi connectivity index (χ2n) is 3.48. The van der Waals surface area contributed by atoms with Gasteiger partial charge in [-0.25, -0.2) is 4.79 Å². The van der Waals surface area contributed by atoms with Crippen LogP contribution in [-0.2, 0) is 20.7 Å². The molecule has 5 heteroatoms. The molecule has 0 unspecified atom stereocenters. The highest BCUT2D eigenvalue weighted by atomic mass is 32.1. The molecular formula is C12H14O4S. The van der Waals surface area contributed by atoms with Gasteiger partial charge in [-0.2, -0.15) is 12.6 Å².